The molecule has 0 saturated carbocycles. The number of benzene rings is 1. The van der Waals surface area contributed by atoms with E-state index in [4.69, 9.17) is 4.74 Å². The summed E-state index contributed by atoms with van der Waals surface area (Å²) in [6, 6.07) is 11.9. The molecule has 7 heteroatoms. The van der Waals surface area contributed by atoms with Crippen molar-refractivity contribution in [1.82, 2.24) is 20.7 Å². The third-order valence-electron chi connectivity index (χ3n) is 5.38. The topological polar surface area (TPSA) is 66.5 Å². The number of carbonyl (C=O) groups is 1. The van der Waals surface area contributed by atoms with E-state index in [0.29, 0.717) is 25.4 Å². The van der Waals surface area contributed by atoms with Crippen molar-refractivity contribution in [3.05, 3.63) is 59.5 Å². The van der Waals surface area contributed by atoms with Crippen LogP contribution in [0.2, 0.25) is 0 Å². The van der Waals surface area contributed by atoms with Gasteiger partial charge in [0, 0.05) is 43.7 Å². The first-order chi connectivity index (χ1) is 13.6. The highest BCUT2D eigenvalue weighted by Crippen LogP contribution is 2.25. The van der Waals surface area contributed by atoms with Crippen LogP contribution in [0.1, 0.15) is 36.6 Å². The van der Waals surface area contributed by atoms with Gasteiger partial charge in [-0.1, -0.05) is 18.2 Å². The van der Waals surface area contributed by atoms with Crippen LogP contribution in [0.3, 0.4) is 0 Å². The fraction of sp³-hybridized carbons (Fsp3) is 0.429. The van der Waals surface area contributed by atoms with Crippen LogP contribution in [0.25, 0.3) is 0 Å². The number of ether oxygens (including phenoxy) is 1. The largest absolute Gasteiger partial charge is 0.474 e. The number of piperidine rings is 1. The predicted molar refractivity (Wildman–Crippen MR) is 103 cm³/mol. The lowest BCUT2D eigenvalue weighted by Crippen LogP contribution is -2.49. The summed E-state index contributed by atoms with van der Waals surface area (Å²) in [5.74, 6) is 0.492. The molecule has 6 nitrogen and oxygen atoms in total. The second-order valence-electron chi connectivity index (χ2n) is 7.44. The molecular weight excluding hydrogens is 359 g/mol. The number of nitrogens with one attached hydrogen (secondary N) is 2. The van der Waals surface area contributed by atoms with Crippen molar-refractivity contribution in [2.24, 2.45) is 0 Å². The first-order valence-electron chi connectivity index (χ1n) is 9.74. The van der Waals surface area contributed by atoms with Crippen LogP contribution in [0, 0.1) is 12.7 Å². The Morgan fingerprint density at radius 1 is 1.14 bits per heavy atom. The minimum Gasteiger partial charge on any atom is -0.474 e. The van der Waals surface area contributed by atoms with Crippen molar-refractivity contribution in [2.45, 2.75) is 44.4 Å². The molecular formula is C21H25FN4O2. The van der Waals surface area contributed by atoms with Crippen LogP contribution in [0.4, 0.5) is 4.39 Å². The lowest BCUT2D eigenvalue weighted by atomic mass is 10.0. The standard InChI is InChI=1S/C21H25FN4O2/c1-14-3-2-4-20(23-14)28-17-9-11-26(12-10-17)21(27)19-13-18(24-25-19)15-5-7-16(22)8-6-15/h2-8,17-19,24-25H,9-13H2,1H3. The number of rotatable bonds is 4. The summed E-state index contributed by atoms with van der Waals surface area (Å²) < 4.78 is 19.1. The van der Waals surface area contributed by atoms with Gasteiger partial charge in [0.2, 0.25) is 11.8 Å². The molecule has 3 heterocycles. The van der Waals surface area contributed by atoms with E-state index in [-0.39, 0.29) is 29.9 Å². The zero-order chi connectivity index (χ0) is 19.5. The molecule has 2 aliphatic rings. The summed E-state index contributed by atoms with van der Waals surface area (Å²) in [5, 5.41) is 0. The van der Waals surface area contributed by atoms with E-state index < -0.39 is 0 Å². The number of nitrogens with zero attached hydrogens (tertiary/aromatic N) is 2. The first-order valence-corrected chi connectivity index (χ1v) is 9.74. The highest BCUT2D eigenvalue weighted by Gasteiger charge is 2.34. The van der Waals surface area contributed by atoms with Gasteiger partial charge in [-0.05, 0) is 37.1 Å². The number of hydrazine groups is 1. The van der Waals surface area contributed by atoms with Gasteiger partial charge in [-0.25, -0.2) is 20.2 Å². The number of carbonyl (C=O) groups excluding carboxylic acids is 1. The molecule has 0 spiro atoms. The molecule has 1 aromatic heterocycles. The summed E-state index contributed by atoms with van der Waals surface area (Å²) in [5.41, 5.74) is 8.16. The predicted octanol–water partition coefficient (Wildman–Crippen LogP) is 2.51. The maximum absolute atomic E-state index is 13.1. The Kier molecular flexibility index (Phi) is 5.54. The van der Waals surface area contributed by atoms with Crippen LogP contribution >= 0.6 is 0 Å². The highest BCUT2D eigenvalue weighted by molar-refractivity contribution is 5.82. The van der Waals surface area contributed by atoms with Gasteiger partial charge in [0.1, 0.15) is 18.0 Å². The molecule has 2 atom stereocenters. The Labute approximate surface area is 164 Å². The second kappa shape index (κ2) is 8.24. The van der Waals surface area contributed by atoms with E-state index in [2.05, 4.69) is 15.8 Å². The summed E-state index contributed by atoms with van der Waals surface area (Å²) in [6.07, 6.45) is 2.32. The SMILES string of the molecule is Cc1cccc(OC2CCN(C(=O)C3CC(c4ccc(F)cc4)NN3)CC2)n1. The van der Waals surface area contributed by atoms with Gasteiger partial charge >= 0.3 is 0 Å². The number of hydrogen-bond acceptors (Lipinski definition) is 5. The van der Waals surface area contributed by atoms with E-state index in [1.165, 1.54) is 12.1 Å². The Morgan fingerprint density at radius 2 is 1.89 bits per heavy atom. The molecule has 148 valence electrons. The zero-order valence-electron chi connectivity index (χ0n) is 15.9. The number of aromatic nitrogens is 1. The Morgan fingerprint density at radius 3 is 2.61 bits per heavy atom. The van der Waals surface area contributed by atoms with Crippen LogP contribution in [0.15, 0.2) is 42.5 Å². The maximum Gasteiger partial charge on any atom is 0.241 e. The summed E-state index contributed by atoms with van der Waals surface area (Å²) in [7, 11) is 0. The van der Waals surface area contributed by atoms with Crippen LogP contribution in [-0.4, -0.2) is 41.0 Å². The van der Waals surface area contributed by atoms with Gasteiger partial charge in [-0.15, -0.1) is 0 Å². The van der Waals surface area contributed by atoms with Gasteiger partial charge in [0.15, 0.2) is 0 Å². The Bertz CT molecular complexity index is 821. The van der Waals surface area contributed by atoms with Crippen LogP contribution in [-0.2, 0) is 4.79 Å². The molecule has 2 saturated heterocycles. The minimum absolute atomic E-state index is 0.00261. The molecule has 4 rings (SSSR count). The van der Waals surface area contributed by atoms with Crippen molar-refractivity contribution >= 4 is 5.91 Å². The number of amides is 1. The molecule has 0 bridgehead atoms. The molecule has 1 amide bonds. The average molecular weight is 384 g/mol. The Balaban J connectivity index is 1.28. The van der Waals surface area contributed by atoms with Gasteiger partial charge in [0.25, 0.3) is 0 Å². The zero-order valence-corrected chi connectivity index (χ0v) is 15.9. The van der Waals surface area contributed by atoms with E-state index in [1.807, 2.05) is 30.0 Å². The van der Waals surface area contributed by atoms with Gasteiger partial charge in [-0.2, -0.15) is 0 Å². The molecule has 28 heavy (non-hydrogen) atoms. The van der Waals surface area contributed by atoms with Crippen molar-refractivity contribution in [3.8, 4) is 5.88 Å². The van der Waals surface area contributed by atoms with Gasteiger partial charge < -0.3 is 9.64 Å². The number of pyridine rings is 1. The molecule has 2 unspecified atom stereocenters. The van der Waals surface area contributed by atoms with Crippen molar-refractivity contribution in [3.63, 3.8) is 0 Å². The van der Waals surface area contributed by atoms with Crippen molar-refractivity contribution in [1.29, 1.82) is 0 Å². The average Bonchev–Trinajstić information content (AvgIpc) is 3.19. The maximum atomic E-state index is 13.1. The smallest absolute Gasteiger partial charge is 0.241 e. The fourth-order valence-corrected chi connectivity index (χ4v) is 3.80. The minimum atomic E-state index is -0.272. The third-order valence-corrected chi connectivity index (χ3v) is 5.38. The Hall–Kier alpha value is -2.51. The molecule has 1 aromatic carbocycles. The normalized spacial score (nSPS) is 23.0. The van der Waals surface area contributed by atoms with Crippen LogP contribution < -0.4 is 15.6 Å². The quantitative estimate of drug-likeness (QED) is 0.848. The molecule has 0 radical (unpaired) electrons. The van der Waals surface area contributed by atoms with Crippen molar-refractivity contribution < 1.29 is 13.9 Å². The van der Waals surface area contributed by atoms with Crippen LogP contribution in [0.5, 0.6) is 5.88 Å². The number of halogens is 1. The summed E-state index contributed by atoms with van der Waals surface area (Å²) in [4.78, 5) is 19.1. The number of likely N-dealkylation sites (tertiary alicyclic amines) is 1. The summed E-state index contributed by atoms with van der Waals surface area (Å²) >= 11 is 0. The molecule has 0 aliphatic carbocycles. The summed E-state index contributed by atoms with van der Waals surface area (Å²) in [6.45, 7) is 3.29. The highest BCUT2D eigenvalue weighted by atomic mass is 19.1. The number of aryl methyl sites for hydroxylation is 1. The van der Waals surface area contributed by atoms with E-state index in [1.54, 1.807) is 12.1 Å². The van der Waals surface area contributed by atoms with Crippen molar-refractivity contribution in [2.75, 3.05) is 13.1 Å². The first kappa shape index (κ1) is 18.8. The molecule has 2 fully saturated rings. The third kappa shape index (κ3) is 4.31. The molecule has 2 N–H and O–H groups in total. The fourth-order valence-electron chi connectivity index (χ4n) is 3.80. The van der Waals surface area contributed by atoms with E-state index in [9.17, 15) is 9.18 Å². The molecule has 2 aromatic rings. The number of hydrogen-bond donors (Lipinski definition) is 2. The van der Waals surface area contributed by atoms with Gasteiger partial charge in [-0.3, -0.25) is 4.79 Å². The van der Waals surface area contributed by atoms with E-state index >= 15 is 0 Å². The van der Waals surface area contributed by atoms with E-state index in [0.717, 1.165) is 24.1 Å². The lowest BCUT2D eigenvalue weighted by molar-refractivity contribution is -0.135. The van der Waals surface area contributed by atoms with Gasteiger partial charge in [0.05, 0.1) is 0 Å². The monoisotopic (exact) mass is 384 g/mol. The molecule has 2 aliphatic heterocycles. The lowest BCUT2D eigenvalue weighted by Gasteiger charge is -2.33. The second-order valence-corrected chi connectivity index (χ2v) is 7.44.